The Bertz CT molecular complexity index is 573. The summed E-state index contributed by atoms with van der Waals surface area (Å²) in [5, 5.41) is 0. The van der Waals surface area contributed by atoms with Crippen molar-refractivity contribution in [2.45, 2.75) is 18.9 Å². The van der Waals surface area contributed by atoms with Gasteiger partial charge < -0.3 is 0 Å². The first-order valence-electron chi connectivity index (χ1n) is 6.23. The van der Waals surface area contributed by atoms with E-state index in [4.69, 9.17) is 5.84 Å². The van der Waals surface area contributed by atoms with E-state index >= 15 is 0 Å². The van der Waals surface area contributed by atoms with E-state index in [1.807, 2.05) is 0 Å². The summed E-state index contributed by atoms with van der Waals surface area (Å²) in [5.41, 5.74) is 4.23. The van der Waals surface area contributed by atoms with Gasteiger partial charge >= 0.3 is 0 Å². The number of halogens is 3. The first kappa shape index (κ1) is 15.1. The van der Waals surface area contributed by atoms with Crippen LogP contribution in [0, 0.1) is 11.6 Å². The molecular weight excluding hydrogens is 326 g/mol. The number of hydrazine groups is 1. The Kier molecular flexibility index (Phi) is 5.23. The van der Waals surface area contributed by atoms with Crippen LogP contribution in [0.25, 0.3) is 0 Å². The van der Waals surface area contributed by atoms with Gasteiger partial charge in [-0.3, -0.25) is 11.3 Å². The van der Waals surface area contributed by atoms with Crippen LogP contribution in [0.5, 0.6) is 0 Å². The average molecular weight is 341 g/mol. The van der Waals surface area contributed by atoms with Gasteiger partial charge in [0.1, 0.15) is 11.6 Å². The molecule has 106 valence electrons. The van der Waals surface area contributed by atoms with Gasteiger partial charge in [-0.25, -0.2) is 8.78 Å². The van der Waals surface area contributed by atoms with E-state index in [1.54, 1.807) is 24.3 Å². The molecule has 0 aliphatic carbocycles. The van der Waals surface area contributed by atoms with Crippen molar-refractivity contribution in [3.63, 3.8) is 0 Å². The maximum absolute atomic E-state index is 13.8. The van der Waals surface area contributed by atoms with Crippen LogP contribution in [0.4, 0.5) is 8.78 Å². The van der Waals surface area contributed by atoms with Crippen LogP contribution >= 0.6 is 15.9 Å². The van der Waals surface area contributed by atoms with Crippen molar-refractivity contribution in [2.75, 3.05) is 0 Å². The fourth-order valence-corrected chi connectivity index (χ4v) is 2.38. The van der Waals surface area contributed by atoms with Crippen molar-refractivity contribution in [3.8, 4) is 0 Å². The van der Waals surface area contributed by atoms with Crippen LogP contribution < -0.4 is 11.3 Å². The molecule has 0 aliphatic heterocycles. The van der Waals surface area contributed by atoms with Crippen LogP contribution in [0.1, 0.15) is 11.1 Å². The standard InChI is InChI=1S/C15H15BrF2N2/c16-12-4-3-11(15(18)9-12)8-14(20-19)7-10-1-5-13(17)6-2-10/h1-6,9,14,20H,7-8,19H2. The van der Waals surface area contributed by atoms with Crippen molar-refractivity contribution in [1.29, 1.82) is 0 Å². The third-order valence-corrected chi connectivity index (χ3v) is 3.61. The van der Waals surface area contributed by atoms with E-state index in [9.17, 15) is 8.78 Å². The molecule has 2 rings (SSSR count). The molecule has 2 aromatic rings. The van der Waals surface area contributed by atoms with E-state index in [2.05, 4.69) is 21.4 Å². The number of nitrogens with two attached hydrogens (primary N) is 1. The SMILES string of the molecule is NNC(Cc1ccc(F)cc1)Cc1ccc(Br)cc1F. The summed E-state index contributed by atoms with van der Waals surface area (Å²) < 4.78 is 27.3. The fraction of sp³-hybridized carbons (Fsp3) is 0.200. The Morgan fingerprint density at radius 2 is 1.75 bits per heavy atom. The summed E-state index contributed by atoms with van der Waals surface area (Å²) >= 11 is 3.22. The zero-order chi connectivity index (χ0) is 14.5. The predicted molar refractivity (Wildman–Crippen MR) is 79.0 cm³/mol. The number of hydrogen-bond donors (Lipinski definition) is 2. The third-order valence-electron chi connectivity index (χ3n) is 3.11. The molecule has 1 unspecified atom stereocenters. The molecule has 2 nitrogen and oxygen atoms in total. The summed E-state index contributed by atoms with van der Waals surface area (Å²) in [6, 6.07) is 11.1. The molecule has 0 aromatic heterocycles. The highest BCUT2D eigenvalue weighted by molar-refractivity contribution is 9.10. The summed E-state index contributed by atoms with van der Waals surface area (Å²) in [7, 11) is 0. The molecule has 1 atom stereocenters. The molecule has 0 bridgehead atoms. The summed E-state index contributed by atoms with van der Waals surface area (Å²) in [4.78, 5) is 0. The summed E-state index contributed by atoms with van der Waals surface area (Å²) in [6.07, 6.45) is 1.07. The van der Waals surface area contributed by atoms with E-state index in [0.29, 0.717) is 22.9 Å². The lowest BCUT2D eigenvalue weighted by atomic mass is 9.99. The minimum atomic E-state index is -0.273. The molecule has 0 saturated heterocycles. The average Bonchev–Trinajstić information content (AvgIpc) is 2.43. The van der Waals surface area contributed by atoms with Crippen LogP contribution in [0.15, 0.2) is 46.9 Å². The molecular formula is C15H15BrF2N2. The highest BCUT2D eigenvalue weighted by Crippen LogP contribution is 2.17. The lowest BCUT2D eigenvalue weighted by Crippen LogP contribution is -2.38. The van der Waals surface area contributed by atoms with Crippen LogP contribution in [0.3, 0.4) is 0 Å². The van der Waals surface area contributed by atoms with Gasteiger partial charge in [0.2, 0.25) is 0 Å². The summed E-state index contributed by atoms with van der Waals surface area (Å²) in [6.45, 7) is 0. The van der Waals surface area contributed by atoms with E-state index in [1.165, 1.54) is 18.2 Å². The van der Waals surface area contributed by atoms with E-state index in [0.717, 1.165) is 5.56 Å². The van der Waals surface area contributed by atoms with E-state index in [-0.39, 0.29) is 17.7 Å². The van der Waals surface area contributed by atoms with Crippen molar-refractivity contribution in [3.05, 3.63) is 69.7 Å². The zero-order valence-electron chi connectivity index (χ0n) is 10.7. The lowest BCUT2D eigenvalue weighted by Gasteiger charge is -2.16. The molecule has 0 saturated carbocycles. The Hall–Kier alpha value is -1.30. The Labute approximate surface area is 125 Å². The van der Waals surface area contributed by atoms with Gasteiger partial charge in [-0.2, -0.15) is 0 Å². The third kappa shape index (κ3) is 4.10. The molecule has 0 heterocycles. The maximum atomic E-state index is 13.8. The van der Waals surface area contributed by atoms with Gasteiger partial charge in [-0.1, -0.05) is 34.1 Å². The number of nitrogens with one attached hydrogen (secondary N) is 1. The first-order chi connectivity index (χ1) is 9.58. The van der Waals surface area contributed by atoms with Gasteiger partial charge in [-0.15, -0.1) is 0 Å². The van der Waals surface area contributed by atoms with Gasteiger partial charge in [0, 0.05) is 10.5 Å². The molecule has 0 radical (unpaired) electrons. The number of rotatable bonds is 5. The second kappa shape index (κ2) is 6.92. The smallest absolute Gasteiger partial charge is 0.127 e. The van der Waals surface area contributed by atoms with E-state index < -0.39 is 0 Å². The molecule has 0 aliphatic rings. The minimum Gasteiger partial charge on any atom is -0.271 e. The Morgan fingerprint density at radius 1 is 1.05 bits per heavy atom. The Balaban J connectivity index is 2.07. The van der Waals surface area contributed by atoms with Gasteiger partial charge in [0.25, 0.3) is 0 Å². The zero-order valence-corrected chi connectivity index (χ0v) is 12.3. The lowest BCUT2D eigenvalue weighted by molar-refractivity contribution is 0.506. The highest BCUT2D eigenvalue weighted by Gasteiger charge is 2.12. The Morgan fingerprint density at radius 3 is 2.35 bits per heavy atom. The molecule has 0 amide bonds. The number of benzene rings is 2. The molecule has 0 fully saturated rings. The second-order valence-corrected chi connectivity index (χ2v) is 5.55. The molecule has 2 aromatic carbocycles. The van der Waals surface area contributed by atoms with Crippen molar-refractivity contribution in [1.82, 2.24) is 5.43 Å². The monoisotopic (exact) mass is 340 g/mol. The van der Waals surface area contributed by atoms with Gasteiger partial charge in [0.15, 0.2) is 0 Å². The van der Waals surface area contributed by atoms with Crippen LogP contribution in [-0.2, 0) is 12.8 Å². The molecule has 3 N–H and O–H groups in total. The second-order valence-electron chi connectivity index (χ2n) is 4.63. The maximum Gasteiger partial charge on any atom is 0.127 e. The largest absolute Gasteiger partial charge is 0.271 e. The van der Waals surface area contributed by atoms with Crippen molar-refractivity contribution >= 4 is 15.9 Å². The van der Waals surface area contributed by atoms with Gasteiger partial charge in [-0.05, 0) is 48.2 Å². The molecule has 5 heteroatoms. The van der Waals surface area contributed by atoms with Crippen LogP contribution in [-0.4, -0.2) is 6.04 Å². The van der Waals surface area contributed by atoms with Crippen molar-refractivity contribution in [2.24, 2.45) is 5.84 Å². The minimum absolute atomic E-state index is 0.115. The molecule has 20 heavy (non-hydrogen) atoms. The topological polar surface area (TPSA) is 38.0 Å². The van der Waals surface area contributed by atoms with Crippen molar-refractivity contribution < 1.29 is 8.78 Å². The summed E-state index contributed by atoms with van der Waals surface area (Å²) in [5.74, 6) is 4.98. The number of hydrogen-bond acceptors (Lipinski definition) is 2. The highest BCUT2D eigenvalue weighted by atomic mass is 79.9. The van der Waals surface area contributed by atoms with Gasteiger partial charge in [0.05, 0.1) is 0 Å². The predicted octanol–water partition coefficient (Wildman–Crippen LogP) is 3.34. The normalized spacial score (nSPS) is 12.4. The van der Waals surface area contributed by atoms with Crippen LogP contribution in [0.2, 0.25) is 0 Å². The fourth-order valence-electron chi connectivity index (χ4n) is 2.05. The molecule has 0 spiro atoms. The first-order valence-corrected chi connectivity index (χ1v) is 7.02. The quantitative estimate of drug-likeness (QED) is 0.647.